The lowest BCUT2D eigenvalue weighted by Crippen LogP contribution is -2.32. The number of hydrogen-bond donors (Lipinski definition) is 2. The maximum absolute atomic E-state index is 13.5. The van der Waals surface area contributed by atoms with Crippen LogP contribution in [-0.2, 0) is 17.5 Å². The molecule has 0 saturated heterocycles. The van der Waals surface area contributed by atoms with E-state index in [0.29, 0.717) is 27.7 Å². The van der Waals surface area contributed by atoms with Crippen LogP contribution in [0.25, 0.3) is 16.3 Å². The number of hydrogen-bond acceptors (Lipinski definition) is 6. The van der Waals surface area contributed by atoms with Gasteiger partial charge in [0.25, 0.3) is 5.91 Å². The van der Waals surface area contributed by atoms with Crippen molar-refractivity contribution in [1.29, 1.82) is 0 Å². The van der Waals surface area contributed by atoms with E-state index >= 15 is 0 Å². The van der Waals surface area contributed by atoms with Crippen molar-refractivity contribution in [2.75, 3.05) is 0 Å². The van der Waals surface area contributed by atoms with Gasteiger partial charge in [0.1, 0.15) is 11.3 Å². The van der Waals surface area contributed by atoms with Crippen molar-refractivity contribution in [3.8, 4) is 16.3 Å². The molecule has 0 bridgehead atoms. The highest BCUT2D eigenvalue weighted by Gasteiger charge is 2.31. The Morgan fingerprint density at radius 3 is 2.49 bits per heavy atom. The molecule has 2 aromatic carbocycles. The zero-order valence-corrected chi connectivity index (χ0v) is 25.0. The number of nitrogens with zero attached hydrogens (tertiary/aromatic N) is 3. The number of aromatic nitrogens is 3. The highest BCUT2D eigenvalue weighted by molar-refractivity contribution is 7.12. The van der Waals surface area contributed by atoms with Crippen LogP contribution < -0.4 is 10.6 Å². The van der Waals surface area contributed by atoms with Crippen LogP contribution in [-0.4, -0.2) is 32.4 Å². The fraction of sp³-hybridized carbons (Fsp3) is 0.355. The summed E-state index contributed by atoms with van der Waals surface area (Å²) in [5, 5.41) is 12.2. The van der Waals surface area contributed by atoms with E-state index in [1.807, 2.05) is 19.3 Å². The predicted molar refractivity (Wildman–Crippen MR) is 157 cm³/mol. The second-order valence-corrected chi connectivity index (χ2v) is 12.4. The molecule has 2 aromatic heterocycles. The van der Waals surface area contributed by atoms with E-state index in [1.165, 1.54) is 35.8 Å². The first-order valence-corrected chi connectivity index (χ1v) is 14.7. The molecule has 2 N–H and O–H groups in total. The fourth-order valence-corrected chi connectivity index (χ4v) is 5.24. The Bertz CT molecular complexity index is 1620. The molecule has 12 heteroatoms. The molecule has 226 valence electrons. The van der Waals surface area contributed by atoms with Crippen molar-refractivity contribution in [3.63, 3.8) is 0 Å². The molecule has 5 rings (SSSR count). The molecule has 0 radical (unpaired) electrons. The van der Waals surface area contributed by atoms with Crippen LogP contribution in [0.1, 0.15) is 85.2 Å². The van der Waals surface area contributed by atoms with Crippen molar-refractivity contribution in [1.82, 2.24) is 25.4 Å². The van der Waals surface area contributed by atoms with E-state index in [2.05, 4.69) is 20.7 Å². The van der Waals surface area contributed by atoms with Gasteiger partial charge >= 0.3 is 12.3 Å². The van der Waals surface area contributed by atoms with Gasteiger partial charge < -0.3 is 15.4 Å². The number of thiazole rings is 1. The maximum atomic E-state index is 13.5. The maximum Gasteiger partial charge on any atom is 0.416 e. The SMILES string of the molecule is C[C@@H](NC(=O)c1csc(-n2cc(C3CC3)cn2)n1)c1ccc(-c2cc(C(F)(F)F)ccc2CNC(=O)OC(C)(C)C)cc1. The van der Waals surface area contributed by atoms with E-state index in [9.17, 15) is 22.8 Å². The third-order valence-electron chi connectivity index (χ3n) is 6.90. The smallest absolute Gasteiger partial charge is 0.416 e. The second-order valence-electron chi connectivity index (χ2n) is 11.6. The molecule has 0 aliphatic heterocycles. The summed E-state index contributed by atoms with van der Waals surface area (Å²) in [5.74, 6) is 0.222. The molecule has 43 heavy (non-hydrogen) atoms. The number of carbonyl (C=O) groups is 2. The number of ether oxygens (including phenoxy) is 1. The first kappa shape index (κ1) is 30.3. The van der Waals surface area contributed by atoms with Gasteiger partial charge in [-0.1, -0.05) is 30.3 Å². The van der Waals surface area contributed by atoms with Gasteiger partial charge in [-0.05, 0) is 86.4 Å². The van der Waals surface area contributed by atoms with E-state index in [1.54, 1.807) is 55.1 Å². The standard InChI is InChI=1S/C31H32F3N5O3S/c1-18(37-27(40)26-17-43-28(38-26)39-16-23(15-36-39)20-7-8-20)19-5-9-21(10-6-19)25-13-24(31(32,33)34)12-11-22(25)14-35-29(41)42-30(2,3)4/h5-6,9-13,15-18,20H,7-8,14H2,1-4H3,(H,35,41)(H,37,40)/t18-/m1/s1. The van der Waals surface area contributed by atoms with Gasteiger partial charge in [-0.3, -0.25) is 4.79 Å². The third kappa shape index (κ3) is 7.61. The third-order valence-corrected chi connectivity index (χ3v) is 7.73. The lowest BCUT2D eigenvalue weighted by atomic mass is 9.95. The fourth-order valence-electron chi connectivity index (χ4n) is 4.51. The topological polar surface area (TPSA) is 98.1 Å². The number of amides is 2. The van der Waals surface area contributed by atoms with Crippen LogP contribution in [0.15, 0.2) is 60.2 Å². The number of benzene rings is 2. The molecule has 0 spiro atoms. The lowest BCUT2D eigenvalue weighted by molar-refractivity contribution is -0.137. The van der Waals surface area contributed by atoms with Crippen molar-refractivity contribution < 1.29 is 27.5 Å². The summed E-state index contributed by atoms with van der Waals surface area (Å²) in [6, 6.07) is 9.91. The Hall–Kier alpha value is -4.19. The zero-order valence-electron chi connectivity index (χ0n) is 24.2. The van der Waals surface area contributed by atoms with Crippen LogP contribution in [0.5, 0.6) is 0 Å². The number of carbonyl (C=O) groups excluding carboxylic acids is 2. The average molecular weight is 612 g/mol. The summed E-state index contributed by atoms with van der Waals surface area (Å²) in [7, 11) is 0. The van der Waals surface area contributed by atoms with Crippen LogP contribution in [0.3, 0.4) is 0 Å². The van der Waals surface area contributed by atoms with Gasteiger partial charge in [-0.25, -0.2) is 14.5 Å². The minimum absolute atomic E-state index is 0.0212. The minimum atomic E-state index is -4.53. The molecule has 8 nitrogen and oxygen atoms in total. The van der Waals surface area contributed by atoms with Gasteiger partial charge in [0.2, 0.25) is 5.13 Å². The number of halogens is 3. The van der Waals surface area contributed by atoms with Crippen molar-refractivity contribution >= 4 is 23.3 Å². The molecule has 1 atom stereocenters. The second kappa shape index (κ2) is 11.8. The summed E-state index contributed by atoms with van der Waals surface area (Å²) >= 11 is 1.33. The van der Waals surface area contributed by atoms with Crippen LogP contribution in [0.2, 0.25) is 0 Å². The molecule has 1 fully saturated rings. The Morgan fingerprint density at radius 1 is 1.12 bits per heavy atom. The Balaban J connectivity index is 1.28. The average Bonchev–Trinajstić information content (AvgIpc) is 3.45. The Morgan fingerprint density at radius 2 is 1.84 bits per heavy atom. The summed E-state index contributed by atoms with van der Waals surface area (Å²) in [4.78, 5) is 29.5. The van der Waals surface area contributed by atoms with E-state index in [4.69, 9.17) is 4.74 Å². The van der Waals surface area contributed by atoms with Crippen LogP contribution in [0.4, 0.5) is 18.0 Å². The molecule has 1 aliphatic rings. The van der Waals surface area contributed by atoms with Gasteiger partial charge in [-0.15, -0.1) is 11.3 Å². The Kier molecular flexibility index (Phi) is 8.33. The number of nitrogens with one attached hydrogen (secondary N) is 2. The molecule has 2 amide bonds. The molecule has 4 aromatic rings. The van der Waals surface area contributed by atoms with Crippen LogP contribution >= 0.6 is 11.3 Å². The lowest BCUT2D eigenvalue weighted by Gasteiger charge is -2.20. The highest BCUT2D eigenvalue weighted by Crippen LogP contribution is 2.40. The molecule has 0 unspecified atom stereocenters. The zero-order chi connectivity index (χ0) is 30.9. The van der Waals surface area contributed by atoms with E-state index in [-0.39, 0.29) is 18.1 Å². The summed E-state index contributed by atoms with van der Waals surface area (Å²) in [6.07, 6.45) is 0.927. The quantitative estimate of drug-likeness (QED) is 0.216. The molecule has 1 aliphatic carbocycles. The van der Waals surface area contributed by atoms with Crippen molar-refractivity contribution in [3.05, 3.63) is 88.2 Å². The number of rotatable bonds is 8. The summed E-state index contributed by atoms with van der Waals surface area (Å²) in [5.41, 5.74) is 2.05. The largest absolute Gasteiger partial charge is 0.444 e. The van der Waals surface area contributed by atoms with Gasteiger partial charge in [0.15, 0.2) is 0 Å². The first-order valence-electron chi connectivity index (χ1n) is 13.9. The highest BCUT2D eigenvalue weighted by atomic mass is 32.1. The van der Waals surface area contributed by atoms with Gasteiger partial charge in [0, 0.05) is 18.1 Å². The summed E-state index contributed by atoms with van der Waals surface area (Å²) in [6.45, 7) is 6.96. The number of alkyl carbamates (subject to hydrolysis) is 1. The molecular formula is C31H32F3N5O3S. The normalized spacial score (nSPS) is 14.3. The van der Waals surface area contributed by atoms with Gasteiger partial charge in [0.05, 0.1) is 17.8 Å². The van der Waals surface area contributed by atoms with Crippen LogP contribution in [0, 0.1) is 0 Å². The molecular weight excluding hydrogens is 579 g/mol. The molecule has 2 heterocycles. The monoisotopic (exact) mass is 611 g/mol. The Labute approximate surface area is 251 Å². The van der Waals surface area contributed by atoms with E-state index < -0.39 is 29.5 Å². The van der Waals surface area contributed by atoms with Crippen molar-refractivity contribution in [2.24, 2.45) is 0 Å². The van der Waals surface area contributed by atoms with Crippen molar-refractivity contribution in [2.45, 2.75) is 70.8 Å². The van der Waals surface area contributed by atoms with Gasteiger partial charge in [-0.2, -0.15) is 18.3 Å². The van der Waals surface area contributed by atoms with E-state index in [0.717, 1.165) is 17.7 Å². The predicted octanol–water partition coefficient (Wildman–Crippen LogP) is 7.41. The summed E-state index contributed by atoms with van der Waals surface area (Å²) < 4.78 is 47.6. The minimum Gasteiger partial charge on any atom is -0.444 e. The molecule has 1 saturated carbocycles. The number of alkyl halides is 3. The first-order chi connectivity index (χ1) is 20.3.